The number of benzene rings is 2. The van der Waals surface area contributed by atoms with Gasteiger partial charge in [0.15, 0.2) is 5.78 Å². The topological polar surface area (TPSA) is 89.0 Å². The summed E-state index contributed by atoms with van der Waals surface area (Å²) in [5.74, 6) is -0.133. The van der Waals surface area contributed by atoms with Gasteiger partial charge in [0.05, 0.1) is 18.2 Å². The Morgan fingerprint density at radius 1 is 1.14 bits per heavy atom. The maximum atomic E-state index is 13.3. The van der Waals surface area contributed by atoms with Crippen LogP contribution in [0.5, 0.6) is 0 Å². The molecule has 186 valence electrons. The zero-order valence-electron chi connectivity index (χ0n) is 19.9. The molecule has 0 spiro atoms. The van der Waals surface area contributed by atoms with E-state index in [4.69, 9.17) is 4.74 Å². The van der Waals surface area contributed by atoms with E-state index in [0.29, 0.717) is 29.5 Å². The molecule has 0 amide bonds. The van der Waals surface area contributed by atoms with Gasteiger partial charge in [0.2, 0.25) is 0 Å². The van der Waals surface area contributed by atoms with Crippen molar-refractivity contribution in [1.82, 2.24) is 20.1 Å². The molecule has 0 saturated carbocycles. The number of piperidine rings is 1. The monoisotopic (exact) mass is 484 g/mol. The Hall–Kier alpha value is -3.17. The van der Waals surface area contributed by atoms with Crippen LogP contribution in [0.4, 0.5) is 8.78 Å². The second-order valence-electron chi connectivity index (χ2n) is 9.22. The van der Waals surface area contributed by atoms with Crippen LogP contribution in [0.15, 0.2) is 59.7 Å². The van der Waals surface area contributed by atoms with E-state index in [9.17, 15) is 18.4 Å². The van der Waals surface area contributed by atoms with Crippen molar-refractivity contribution < 1.29 is 18.3 Å². The molecule has 2 N–H and O–H groups in total. The molecule has 4 rings (SSSR count). The summed E-state index contributed by atoms with van der Waals surface area (Å²) in [7, 11) is 0. The third-order valence-corrected chi connectivity index (χ3v) is 7.11. The summed E-state index contributed by atoms with van der Waals surface area (Å²) in [5.41, 5.74) is 0.408. The number of Topliss-reactive ketones (excluding diaryl/α,β-unsaturated/α-hetero) is 1. The lowest BCUT2D eigenvalue weighted by molar-refractivity contribution is -0.128. The van der Waals surface area contributed by atoms with Crippen molar-refractivity contribution in [3.8, 4) is 0 Å². The second kappa shape index (κ2) is 10.2. The Labute approximate surface area is 202 Å². The van der Waals surface area contributed by atoms with E-state index in [1.807, 2.05) is 37.3 Å². The molecule has 0 aliphatic carbocycles. The van der Waals surface area contributed by atoms with Crippen LogP contribution in [0, 0.1) is 0 Å². The lowest BCUT2D eigenvalue weighted by atomic mass is 9.74. The molecule has 0 unspecified atom stereocenters. The number of ketones is 1. The lowest BCUT2D eigenvalue weighted by Gasteiger charge is -2.46. The van der Waals surface area contributed by atoms with Gasteiger partial charge in [-0.1, -0.05) is 48.5 Å². The van der Waals surface area contributed by atoms with Gasteiger partial charge in [-0.2, -0.15) is 5.10 Å². The summed E-state index contributed by atoms with van der Waals surface area (Å²) in [5, 5.41) is 9.70. The minimum absolute atomic E-state index is 0.133. The largest absolute Gasteiger partial charge is 0.372 e. The van der Waals surface area contributed by atoms with Gasteiger partial charge in [-0.3, -0.25) is 9.36 Å². The van der Waals surface area contributed by atoms with Gasteiger partial charge in [-0.15, -0.1) is 0 Å². The number of aromatic nitrogens is 3. The van der Waals surface area contributed by atoms with E-state index in [2.05, 4.69) is 15.5 Å². The molecule has 1 fully saturated rings. The highest BCUT2D eigenvalue weighted by Gasteiger charge is 2.48. The van der Waals surface area contributed by atoms with Crippen molar-refractivity contribution in [3.63, 3.8) is 0 Å². The highest BCUT2D eigenvalue weighted by Crippen LogP contribution is 2.38. The summed E-state index contributed by atoms with van der Waals surface area (Å²) >= 11 is 0. The molecule has 9 heteroatoms. The minimum Gasteiger partial charge on any atom is -0.372 e. The second-order valence-corrected chi connectivity index (χ2v) is 9.22. The van der Waals surface area contributed by atoms with Crippen molar-refractivity contribution in [3.05, 3.63) is 87.6 Å². The number of nitrogens with one attached hydrogen (secondary N) is 2. The van der Waals surface area contributed by atoms with Crippen LogP contribution >= 0.6 is 0 Å². The standard InChI is InChI=1S/C26H30F2N4O3/c1-18(22-11-20(13-27)10-21(12-22)14-28)35-16-25(23-6-4-3-5-7-23)8-9-26(15-29-25,19(2)33)32-17-30-31-24(32)34/h3-7,10-12,17-18,29H,8-9,13-16H2,1-2H3,(H,31,34)/t18-,25-,26+/m1/s1. The van der Waals surface area contributed by atoms with Crippen LogP contribution in [0.25, 0.3) is 0 Å². The Balaban J connectivity index is 1.61. The number of hydrogen-bond donors (Lipinski definition) is 2. The Bertz CT molecular complexity index is 1190. The first kappa shape index (κ1) is 24.9. The van der Waals surface area contributed by atoms with Crippen LogP contribution in [0.3, 0.4) is 0 Å². The van der Waals surface area contributed by atoms with Gasteiger partial charge < -0.3 is 10.1 Å². The Morgan fingerprint density at radius 2 is 1.83 bits per heavy atom. The number of halogens is 2. The molecule has 2 aromatic carbocycles. The predicted molar refractivity (Wildman–Crippen MR) is 127 cm³/mol. The fourth-order valence-electron chi connectivity index (χ4n) is 4.90. The molecule has 1 aliphatic rings. The van der Waals surface area contributed by atoms with Crippen molar-refractivity contribution in [2.45, 2.75) is 57.2 Å². The minimum atomic E-state index is -1.06. The van der Waals surface area contributed by atoms with Gasteiger partial charge in [0.1, 0.15) is 25.2 Å². The molecule has 3 atom stereocenters. The van der Waals surface area contributed by atoms with Crippen molar-refractivity contribution in [2.75, 3.05) is 13.2 Å². The number of ether oxygens (including phenoxy) is 1. The summed E-state index contributed by atoms with van der Waals surface area (Å²) in [6.07, 6.45) is 1.87. The van der Waals surface area contributed by atoms with E-state index >= 15 is 0 Å². The fourth-order valence-corrected chi connectivity index (χ4v) is 4.90. The molecule has 1 saturated heterocycles. The molecule has 1 aliphatic heterocycles. The van der Waals surface area contributed by atoms with Gasteiger partial charge in [0, 0.05) is 6.54 Å². The summed E-state index contributed by atoms with van der Waals surface area (Å²) < 4.78 is 34.2. The normalized spacial score (nSPS) is 23.2. The number of rotatable bonds is 9. The molecular weight excluding hydrogens is 454 g/mol. The number of carbonyl (C=O) groups is 1. The zero-order chi connectivity index (χ0) is 25.1. The molecule has 7 nitrogen and oxygen atoms in total. The number of aromatic amines is 1. The lowest BCUT2D eigenvalue weighted by Crippen LogP contribution is -2.62. The highest BCUT2D eigenvalue weighted by molar-refractivity contribution is 5.84. The van der Waals surface area contributed by atoms with Crippen molar-refractivity contribution in [1.29, 1.82) is 0 Å². The van der Waals surface area contributed by atoms with Gasteiger partial charge >= 0.3 is 5.69 Å². The number of alkyl halides is 2. The summed E-state index contributed by atoms with van der Waals surface area (Å²) in [4.78, 5) is 25.1. The van der Waals surface area contributed by atoms with Crippen LogP contribution in [0.2, 0.25) is 0 Å². The number of nitrogens with zero attached hydrogens (tertiary/aromatic N) is 2. The molecule has 2 heterocycles. The average Bonchev–Trinajstić information content (AvgIpc) is 3.33. The van der Waals surface area contributed by atoms with E-state index in [-0.39, 0.29) is 18.9 Å². The van der Waals surface area contributed by atoms with E-state index in [1.165, 1.54) is 23.9 Å². The van der Waals surface area contributed by atoms with Crippen molar-refractivity contribution in [2.24, 2.45) is 0 Å². The summed E-state index contributed by atoms with van der Waals surface area (Å²) in [6.45, 7) is 2.46. The average molecular weight is 485 g/mol. The SMILES string of the molecule is CC(=O)[C@]1(n2cn[nH]c2=O)CC[C@@](CO[C@H](C)c2cc(CF)cc(CF)c2)(c2ccccc2)NC1. The first-order valence-electron chi connectivity index (χ1n) is 11.6. The summed E-state index contributed by atoms with van der Waals surface area (Å²) in [6, 6.07) is 14.7. The highest BCUT2D eigenvalue weighted by atomic mass is 19.1. The van der Waals surface area contributed by atoms with E-state index in [1.54, 1.807) is 12.1 Å². The number of hydrogen-bond acceptors (Lipinski definition) is 5. The fraction of sp³-hybridized carbons (Fsp3) is 0.423. The quantitative estimate of drug-likeness (QED) is 0.482. The Morgan fingerprint density at radius 3 is 2.34 bits per heavy atom. The van der Waals surface area contributed by atoms with Crippen LogP contribution in [0.1, 0.15) is 55.0 Å². The third kappa shape index (κ3) is 4.83. The predicted octanol–water partition coefficient (Wildman–Crippen LogP) is 3.85. The molecule has 35 heavy (non-hydrogen) atoms. The first-order valence-corrected chi connectivity index (χ1v) is 11.6. The first-order chi connectivity index (χ1) is 16.8. The molecule has 0 radical (unpaired) electrons. The van der Waals surface area contributed by atoms with E-state index in [0.717, 1.165) is 5.56 Å². The van der Waals surface area contributed by atoms with Gasteiger partial charge in [-0.25, -0.2) is 18.7 Å². The Kier molecular flexibility index (Phi) is 7.28. The molecule has 1 aromatic heterocycles. The molecule has 0 bridgehead atoms. The van der Waals surface area contributed by atoms with Crippen LogP contribution in [-0.2, 0) is 34.0 Å². The zero-order valence-corrected chi connectivity index (χ0v) is 19.9. The van der Waals surface area contributed by atoms with E-state index < -0.39 is 36.2 Å². The maximum Gasteiger partial charge on any atom is 0.344 e. The van der Waals surface area contributed by atoms with Crippen LogP contribution < -0.4 is 11.0 Å². The van der Waals surface area contributed by atoms with Gasteiger partial charge in [0.25, 0.3) is 0 Å². The molecular formula is C26H30F2N4O3. The third-order valence-electron chi connectivity index (χ3n) is 7.11. The van der Waals surface area contributed by atoms with Gasteiger partial charge in [-0.05, 0) is 48.9 Å². The maximum absolute atomic E-state index is 13.3. The van der Waals surface area contributed by atoms with Crippen molar-refractivity contribution >= 4 is 5.78 Å². The molecule has 3 aromatic rings. The smallest absolute Gasteiger partial charge is 0.344 e. The number of carbonyl (C=O) groups excluding carboxylic acids is 1. The van der Waals surface area contributed by atoms with Crippen LogP contribution in [-0.4, -0.2) is 33.7 Å². The number of H-pyrrole nitrogens is 1.